The molecule has 3 aromatic heterocycles. The van der Waals surface area contributed by atoms with E-state index in [0.29, 0.717) is 29.3 Å². The number of fused-ring (bicyclic) bond motifs is 3. The molecule has 0 amide bonds. The minimum Gasteiger partial charge on any atom is -0.338 e. The predicted molar refractivity (Wildman–Crippen MR) is 118 cm³/mol. The molecule has 0 aromatic carbocycles. The van der Waals surface area contributed by atoms with Crippen molar-refractivity contribution in [2.24, 2.45) is 5.92 Å². The summed E-state index contributed by atoms with van der Waals surface area (Å²) in [5.41, 5.74) is 1.24. The zero-order valence-electron chi connectivity index (χ0n) is 17.3. The molecule has 0 spiro atoms. The van der Waals surface area contributed by atoms with Crippen LogP contribution in [0.15, 0.2) is 27.1 Å². The maximum atomic E-state index is 13.4. The van der Waals surface area contributed by atoms with E-state index in [4.69, 9.17) is 9.51 Å². The summed E-state index contributed by atoms with van der Waals surface area (Å²) in [6.45, 7) is 12.6. The van der Waals surface area contributed by atoms with Crippen LogP contribution < -0.4 is 5.56 Å². The SMILES string of the molecule is C=CCn1c(SC(C)c2nc(C(C)C)no2)nc2sc3c(c2c1=O)CCC(C)C3. The molecule has 3 aromatic rings. The zero-order valence-corrected chi connectivity index (χ0v) is 18.9. The molecule has 2 atom stereocenters. The molecule has 4 rings (SSSR count). The highest BCUT2D eigenvalue weighted by Crippen LogP contribution is 2.38. The molecular weight excluding hydrogens is 404 g/mol. The molecule has 2 unspecified atom stereocenters. The molecule has 1 aliphatic carbocycles. The molecule has 0 bridgehead atoms. The lowest BCUT2D eigenvalue weighted by Crippen LogP contribution is -2.23. The van der Waals surface area contributed by atoms with Gasteiger partial charge in [-0.25, -0.2) is 4.98 Å². The van der Waals surface area contributed by atoms with Gasteiger partial charge in [-0.3, -0.25) is 9.36 Å². The van der Waals surface area contributed by atoms with Crippen molar-refractivity contribution < 1.29 is 4.52 Å². The largest absolute Gasteiger partial charge is 0.338 e. The summed E-state index contributed by atoms with van der Waals surface area (Å²) in [6, 6.07) is 0. The van der Waals surface area contributed by atoms with Gasteiger partial charge < -0.3 is 4.52 Å². The van der Waals surface area contributed by atoms with E-state index < -0.39 is 0 Å². The minimum absolute atomic E-state index is 0.0325. The lowest BCUT2D eigenvalue weighted by atomic mass is 9.89. The number of aryl methyl sites for hydroxylation is 1. The van der Waals surface area contributed by atoms with Crippen molar-refractivity contribution in [2.75, 3.05) is 0 Å². The van der Waals surface area contributed by atoms with Gasteiger partial charge in [0.2, 0.25) is 5.89 Å². The Morgan fingerprint density at radius 2 is 2.17 bits per heavy atom. The molecule has 0 saturated carbocycles. The first kappa shape index (κ1) is 20.3. The van der Waals surface area contributed by atoms with Crippen LogP contribution in [0.4, 0.5) is 0 Å². The second-order valence-corrected chi connectivity index (χ2v) is 10.4. The molecule has 29 heavy (non-hydrogen) atoms. The second kappa shape index (κ2) is 8.07. The number of aromatic nitrogens is 4. The number of allylic oxidation sites excluding steroid dienone is 1. The van der Waals surface area contributed by atoms with Crippen LogP contribution in [-0.2, 0) is 19.4 Å². The van der Waals surface area contributed by atoms with E-state index >= 15 is 0 Å². The Morgan fingerprint density at radius 1 is 1.38 bits per heavy atom. The van der Waals surface area contributed by atoms with Gasteiger partial charge in [0.25, 0.3) is 5.56 Å². The molecule has 6 nitrogen and oxygen atoms in total. The monoisotopic (exact) mass is 430 g/mol. The highest BCUT2D eigenvalue weighted by atomic mass is 32.2. The Hall–Kier alpha value is -1.93. The van der Waals surface area contributed by atoms with Gasteiger partial charge in [-0.2, -0.15) is 4.98 Å². The first-order valence-corrected chi connectivity index (χ1v) is 11.7. The van der Waals surface area contributed by atoms with Crippen LogP contribution in [0.5, 0.6) is 0 Å². The van der Waals surface area contributed by atoms with Gasteiger partial charge in [-0.1, -0.05) is 43.8 Å². The smallest absolute Gasteiger partial charge is 0.263 e. The molecule has 0 N–H and O–H groups in total. The molecule has 0 radical (unpaired) electrons. The van der Waals surface area contributed by atoms with E-state index in [-0.39, 0.29) is 16.7 Å². The topological polar surface area (TPSA) is 73.8 Å². The summed E-state index contributed by atoms with van der Waals surface area (Å²) in [6.07, 6.45) is 4.87. The zero-order chi connectivity index (χ0) is 20.7. The number of hydrogen-bond donors (Lipinski definition) is 0. The van der Waals surface area contributed by atoms with Crippen molar-refractivity contribution in [3.8, 4) is 0 Å². The van der Waals surface area contributed by atoms with E-state index in [0.717, 1.165) is 29.5 Å². The highest BCUT2D eigenvalue weighted by molar-refractivity contribution is 7.99. The molecule has 154 valence electrons. The number of hydrogen-bond acceptors (Lipinski definition) is 7. The first-order chi connectivity index (χ1) is 13.9. The van der Waals surface area contributed by atoms with Crippen LogP contribution in [0, 0.1) is 5.92 Å². The Balaban J connectivity index is 1.75. The molecular formula is C21H26N4O2S2. The summed E-state index contributed by atoms with van der Waals surface area (Å²) < 4.78 is 7.16. The highest BCUT2D eigenvalue weighted by Gasteiger charge is 2.26. The lowest BCUT2D eigenvalue weighted by molar-refractivity contribution is 0.372. The van der Waals surface area contributed by atoms with Crippen LogP contribution in [0.25, 0.3) is 10.2 Å². The quantitative estimate of drug-likeness (QED) is 0.307. The normalized spacial score (nSPS) is 17.6. The number of rotatable bonds is 6. The minimum atomic E-state index is -0.106. The first-order valence-electron chi connectivity index (χ1n) is 10.0. The van der Waals surface area contributed by atoms with E-state index in [1.807, 2.05) is 20.8 Å². The fraction of sp³-hybridized carbons (Fsp3) is 0.524. The third-order valence-corrected chi connectivity index (χ3v) is 7.52. The fourth-order valence-electron chi connectivity index (χ4n) is 3.64. The average molecular weight is 431 g/mol. The third-order valence-electron chi connectivity index (χ3n) is 5.30. The van der Waals surface area contributed by atoms with Crippen LogP contribution in [-0.4, -0.2) is 19.7 Å². The Morgan fingerprint density at radius 3 is 2.86 bits per heavy atom. The molecule has 1 aliphatic rings. The molecule has 0 aliphatic heterocycles. The number of thiophene rings is 1. The van der Waals surface area contributed by atoms with Gasteiger partial charge in [0, 0.05) is 17.3 Å². The van der Waals surface area contributed by atoms with Crippen molar-refractivity contribution in [1.82, 2.24) is 19.7 Å². The van der Waals surface area contributed by atoms with Crippen LogP contribution in [0.3, 0.4) is 0 Å². The van der Waals surface area contributed by atoms with Gasteiger partial charge in [0.05, 0.1) is 10.6 Å². The molecule has 3 heterocycles. The van der Waals surface area contributed by atoms with Crippen molar-refractivity contribution >= 4 is 33.3 Å². The van der Waals surface area contributed by atoms with E-state index in [9.17, 15) is 4.79 Å². The van der Waals surface area contributed by atoms with E-state index in [2.05, 4.69) is 23.6 Å². The standard InChI is InChI=1S/C21H26N4O2S2/c1-6-9-25-20(26)16-14-8-7-12(4)10-15(14)29-19(16)23-21(25)28-13(5)18-22-17(11(2)3)24-27-18/h6,11-13H,1,7-10H2,2-5H3. The predicted octanol–water partition coefficient (Wildman–Crippen LogP) is 5.13. The average Bonchev–Trinajstić information content (AvgIpc) is 3.29. The van der Waals surface area contributed by atoms with Gasteiger partial charge in [0.15, 0.2) is 11.0 Å². The summed E-state index contributed by atoms with van der Waals surface area (Å²) in [4.78, 5) is 24.9. The van der Waals surface area contributed by atoms with E-state index in [1.54, 1.807) is 22.0 Å². The molecule has 0 saturated heterocycles. The number of thioether (sulfide) groups is 1. The van der Waals surface area contributed by atoms with Crippen molar-refractivity contribution in [2.45, 2.75) is 69.8 Å². The van der Waals surface area contributed by atoms with Gasteiger partial charge in [0.1, 0.15) is 4.83 Å². The Kier molecular flexibility index (Phi) is 5.66. The van der Waals surface area contributed by atoms with Gasteiger partial charge in [-0.05, 0) is 37.7 Å². The fourth-order valence-corrected chi connectivity index (χ4v) is 6.01. The summed E-state index contributed by atoms with van der Waals surface area (Å²) in [7, 11) is 0. The van der Waals surface area contributed by atoms with Gasteiger partial charge >= 0.3 is 0 Å². The van der Waals surface area contributed by atoms with Crippen LogP contribution in [0.1, 0.15) is 67.4 Å². The maximum absolute atomic E-state index is 13.4. The van der Waals surface area contributed by atoms with E-state index in [1.165, 1.54) is 22.2 Å². The Bertz CT molecular complexity index is 1110. The molecule has 8 heteroatoms. The van der Waals surface area contributed by atoms with Crippen molar-refractivity contribution in [3.63, 3.8) is 0 Å². The summed E-state index contributed by atoms with van der Waals surface area (Å²) >= 11 is 3.15. The van der Waals surface area contributed by atoms with Crippen LogP contribution in [0.2, 0.25) is 0 Å². The second-order valence-electron chi connectivity index (χ2n) is 8.04. The van der Waals surface area contributed by atoms with Crippen molar-refractivity contribution in [1.29, 1.82) is 0 Å². The van der Waals surface area contributed by atoms with Crippen LogP contribution >= 0.6 is 23.1 Å². The van der Waals surface area contributed by atoms with Gasteiger partial charge in [-0.15, -0.1) is 17.9 Å². The summed E-state index contributed by atoms with van der Waals surface area (Å²) in [5.74, 6) is 2.11. The lowest BCUT2D eigenvalue weighted by Gasteiger charge is -2.17. The maximum Gasteiger partial charge on any atom is 0.263 e. The Labute approximate surface area is 178 Å². The summed E-state index contributed by atoms with van der Waals surface area (Å²) in [5, 5.41) is 5.42. The van der Waals surface area contributed by atoms with Crippen molar-refractivity contribution in [3.05, 3.63) is 45.2 Å². The molecule has 0 fully saturated rings. The number of nitrogens with zero attached hydrogens (tertiary/aromatic N) is 4. The third kappa shape index (κ3) is 3.80.